The van der Waals surface area contributed by atoms with Crippen LogP contribution in [0.5, 0.6) is 0 Å². The monoisotopic (exact) mass is 215 g/mol. The molecule has 0 saturated carbocycles. The normalized spacial score (nSPS) is 17.4. The van der Waals surface area contributed by atoms with Crippen molar-refractivity contribution < 1.29 is 4.92 Å². The van der Waals surface area contributed by atoms with E-state index in [0.717, 1.165) is 54.4 Å². The van der Waals surface area contributed by atoms with Gasteiger partial charge in [-0.15, -0.1) is 0 Å². The largest absolute Gasteiger partial charge is 0.280 e. The number of nitrogens with zero attached hydrogens (tertiary/aromatic N) is 1. The van der Waals surface area contributed by atoms with Crippen molar-refractivity contribution in [3.63, 3.8) is 0 Å². The molecule has 0 atom stereocenters. The van der Waals surface area contributed by atoms with E-state index < -0.39 is 0 Å². The lowest BCUT2D eigenvalue weighted by molar-refractivity contribution is -0.385. The molecule has 1 aromatic rings. The van der Waals surface area contributed by atoms with Crippen molar-refractivity contribution in [2.45, 2.75) is 32.1 Å². The Morgan fingerprint density at radius 1 is 1.19 bits per heavy atom. The molecule has 3 nitrogen and oxygen atoms in total. The summed E-state index contributed by atoms with van der Waals surface area (Å²) in [5.41, 5.74) is 5.43. The molecule has 2 aliphatic carbocycles. The van der Waals surface area contributed by atoms with Crippen LogP contribution in [0.3, 0.4) is 0 Å². The van der Waals surface area contributed by atoms with E-state index in [4.69, 9.17) is 0 Å². The van der Waals surface area contributed by atoms with Gasteiger partial charge in [0.05, 0.1) is 10.5 Å². The van der Waals surface area contributed by atoms with E-state index in [1.165, 1.54) is 5.56 Å². The smallest absolute Gasteiger partial charge is 0.258 e. The van der Waals surface area contributed by atoms with Crippen molar-refractivity contribution in [3.8, 4) is 0 Å². The molecule has 0 radical (unpaired) electrons. The standard InChI is InChI=1S/C13H13NO2/c1-8-5-6-10-7-9-3-2-4-11(9)13(12(8)10)14(15)16/h7H,1-6H2. The van der Waals surface area contributed by atoms with Crippen LogP contribution in [0.2, 0.25) is 0 Å². The summed E-state index contributed by atoms with van der Waals surface area (Å²) in [4.78, 5) is 11.0. The summed E-state index contributed by atoms with van der Waals surface area (Å²) in [6.07, 6.45) is 4.69. The van der Waals surface area contributed by atoms with Gasteiger partial charge in [0.15, 0.2) is 0 Å². The first-order valence-corrected chi connectivity index (χ1v) is 5.68. The molecule has 0 amide bonds. The lowest BCUT2D eigenvalue weighted by Gasteiger charge is -2.07. The highest BCUT2D eigenvalue weighted by molar-refractivity contribution is 5.80. The predicted molar refractivity (Wildman–Crippen MR) is 62.5 cm³/mol. The van der Waals surface area contributed by atoms with Gasteiger partial charge in [-0.2, -0.15) is 0 Å². The Balaban J connectivity index is 2.35. The quantitative estimate of drug-likeness (QED) is 0.533. The van der Waals surface area contributed by atoms with Gasteiger partial charge < -0.3 is 0 Å². The van der Waals surface area contributed by atoms with Crippen molar-refractivity contribution in [1.29, 1.82) is 0 Å². The zero-order valence-electron chi connectivity index (χ0n) is 9.08. The van der Waals surface area contributed by atoms with Crippen LogP contribution in [-0.4, -0.2) is 4.92 Å². The van der Waals surface area contributed by atoms with Gasteiger partial charge in [0.1, 0.15) is 0 Å². The van der Waals surface area contributed by atoms with Crippen LogP contribution < -0.4 is 0 Å². The number of aryl methyl sites for hydroxylation is 2. The number of hydrogen-bond acceptors (Lipinski definition) is 2. The molecule has 1 aromatic carbocycles. The van der Waals surface area contributed by atoms with Gasteiger partial charge >= 0.3 is 0 Å². The second-order valence-electron chi connectivity index (χ2n) is 4.61. The van der Waals surface area contributed by atoms with Gasteiger partial charge in [0, 0.05) is 5.56 Å². The minimum absolute atomic E-state index is 0.209. The third kappa shape index (κ3) is 1.14. The second-order valence-corrected chi connectivity index (χ2v) is 4.61. The Morgan fingerprint density at radius 2 is 2.00 bits per heavy atom. The molecule has 2 aliphatic rings. The van der Waals surface area contributed by atoms with Crippen LogP contribution in [0.1, 0.15) is 35.1 Å². The predicted octanol–water partition coefficient (Wildman–Crippen LogP) is 3.04. The highest BCUT2D eigenvalue weighted by atomic mass is 16.6. The molecular formula is C13H13NO2. The molecule has 0 N–H and O–H groups in total. The number of nitro benzene ring substituents is 1. The highest BCUT2D eigenvalue weighted by Gasteiger charge is 2.32. The van der Waals surface area contributed by atoms with Crippen molar-refractivity contribution in [3.05, 3.63) is 45.0 Å². The molecule has 0 bridgehead atoms. The molecule has 0 saturated heterocycles. The number of rotatable bonds is 1. The summed E-state index contributed by atoms with van der Waals surface area (Å²) >= 11 is 0. The molecule has 0 spiro atoms. The lowest BCUT2D eigenvalue weighted by atomic mass is 9.98. The minimum Gasteiger partial charge on any atom is -0.258 e. The first-order chi connectivity index (χ1) is 7.68. The average molecular weight is 215 g/mol. The van der Waals surface area contributed by atoms with Crippen LogP contribution >= 0.6 is 0 Å². The van der Waals surface area contributed by atoms with E-state index in [1.54, 1.807) is 0 Å². The van der Waals surface area contributed by atoms with E-state index in [1.807, 2.05) is 0 Å². The number of hydrogen-bond donors (Lipinski definition) is 0. The van der Waals surface area contributed by atoms with Crippen LogP contribution in [0.25, 0.3) is 5.57 Å². The molecule has 0 fully saturated rings. The van der Waals surface area contributed by atoms with Crippen molar-refractivity contribution >= 4 is 11.3 Å². The minimum atomic E-state index is -0.209. The van der Waals surface area contributed by atoms with E-state index >= 15 is 0 Å². The summed E-state index contributed by atoms with van der Waals surface area (Å²) in [7, 11) is 0. The Hall–Kier alpha value is -1.64. The summed E-state index contributed by atoms with van der Waals surface area (Å²) in [6, 6.07) is 2.17. The van der Waals surface area contributed by atoms with E-state index in [9.17, 15) is 10.1 Å². The van der Waals surface area contributed by atoms with Gasteiger partial charge in [0.25, 0.3) is 5.69 Å². The molecule has 0 aromatic heterocycles. The van der Waals surface area contributed by atoms with Crippen molar-refractivity contribution in [2.24, 2.45) is 0 Å². The molecule has 0 unspecified atom stereocenters. The number of allylic oxidation sites excluding steroid dienone is 1. The van der Waals surface area contributed by atoms with Gasteiger partial charge in [-0.1, -0.05) is 12.6 Å². The SMILES string of the molecule is C=C1CCc2cc3c(c([N+](=O)[O-])c21)CCC3. The van der Waals surface area contributed by atoms with E-state index in [2.05, 4.69) is 12.6 Å². The number of nitro groups is 1. The zero-order chi connectivity index (χ0) is 11.3. The Bertz CT molecular complexity index is 517. The maximum atomic E-state index is 11.2. The fourth-order valence-electron chi connectivity index (χ4n) is 2.99. The van der Waals surface area contributed by atoms with E-state index in [0.29, 0.717) is 5.69 Å². The third-order valence-electron chi connectivity index (χ3n) is 3.68. The van der Waals surface area contributed by atoms with Crippen LogP contribution in [-0.2, 0) is 19.3 Å². The zero-order valence-corrected chi connectivity index (χ0v) is 9.08. The van der Waals surface area contributed by atoms with Gasteiger partial charge in [-0.25, -0.2) is 0 Å². The first kappa shape index (κ1) is 9.58. The molecule has 82 valence electrons. The molecule has 3 heteroatoms. The fraction of sp³-hybridized carbons (Fsp3) is 0.385. The van der Waals surface area contributed by atoms with Crippen molar-refractivity contribution in [2.75, 3.05) is 0 Å². The first-order valence-electron chi connectivity index (χ1n) is 5.68. The number of benzene rings is 1. The summed E-state index contributed by atoms with van der Waals surface area (Å²) in [6.45, 7) is 3.96. The van der Waals surface area contributed by atoms with E-state index in [-0.39, 0.29) is 4.92 Å². The Labute approximate surface area is 93.9 Å². The Morgan fingerprint density at radius 3 is 2.75 bits per heavy atom. The van der Waals surface area contributed by atoms with Crippen LogP contribution in [0.15, 0.2) is 12.6 Å². The van der Waals surface area contributed by atoms with Crippen LogP contribution in [0.4, 0.5) is 5.69 Å². The van der Waals surface area contributed by atoms with Gasteiger partial charge in [-0.3, -0.25) is 10.1 Å². The topological polar surface area (TPSA) is 43.1 Å². The van der Waals surface area contributed by atoms with Crippen molar-refractivity contribution in [1.82, 2.24) is 0 Å². The molecule has 0 heterocycles. The summed E-state index contributed by atoms with van der Waals surface area (Å²) < 4.78 is 0. The summed E-state index contributed by atoms with van der Waals surface area (Å²) in [5, 5.41) is 11.2. The van der Waals surface area contributed by atoms with Gasteiger partial charge in [-0.05, 0) is 48.8 Å². The second kappa shape index (κ2) is 3.17. The maximum absolute atomic E-state index is 11.2. The molecular weight excluding hydrogens is 202 g/mol. The lowest BCUT2D eigenvalue weighted by Crippen LogP contribution is -2.00. The molecule has 16 heavy (non-hydrogen) atoms. The molecule has 3 rings (SSSR count). The molecule has 0 aliphatic heterocycles. The van der Waals surface area contributed by atoms with Crippen LogP contribution in [0, 0.1) is 10.1 Å². The third-order valence-corrected chi connectivity index (χ3v) is 3.68. The maximum Gasteiger partial charge on any atom is 0.280 e. The highest BCUT2D eigenvalue weighted by Crippen LogP contribution is 2.43. The number of fused-ring (bicyclic) bond motifs is 2. The van der Waals surface area contributed by atoms with Gasteiger partial charge in [0.2, 0.25) is 0 Å². The summed E-state index contributed by atoms with van der Waals surface area (Å²) in [5.74, 6) is 0. The Kier molecular flexibility index (Phi) is 1.90. The average Bonchev–Trinajstić information content (AvgIpc) is 2.82. The fourth-order valence-corrected chi connectivity index (χ4v) is 2.99.